The number of ketones is 1. The van der Waals surface area contributed by atoms with E-state index in [-0.39, 0.29) is 17.3 Å². The summed E-state index contributed by atoms with van der Waals surface area (Å²) in [5, 5.41) is 0. The first-order valence-corrected chi connectivity index (χ1v) is 9.56. The lowest BCUT2D eigenvalue weighted by molar-refractivity contribution is -0.115. The molecule has 4 nitrogen and oxygen atoms in total. The molecule has 1 aromatic carbocycles. The molecule has 0 atom stereocenters. The van der Waals surface area contributed by atoms with Gasteiger partial charge in [0.1, 0.15) is 0 Å². The van der Waals surface area contributed by atoms with Gasteiger partial charge >= 0.3 is 0 Å². The summed E-state index contributed by atoms with van der Waals surface area (Å²) in [6.07, 6.45) is 7.92. The monoisotopic (exact) mass is 336 g/mol. The van der Waals surface area contributed by atoms with Crippen molar-refractivity contribution in [3.05, 3.63) is 41.5 Å². The van der Waals surface area contributed by atoms with Gasteiger partial charge in [0.2, 0.25) is 0 Å². The Bertz CT molecular complexity index is 657. The number of allylic oxidation sites excluding steroid dienone is 2. The largest absolute Gasteiger partial charge is 0.296 e. The highest BCUT2D eigenvalue weighted by atomic mass is 32.2. The Morgan fingerprint density at radius 3 is 2.48 bits per heavy atom. The molecule has 0 saturated carbocycles. The molecule has 0 saturated heterocycles. The second-order valence-electron chi connectivity index (χ2n) is 6.02. The van der Waals surface area contributed by atoms with Gasteiger partial charge in [-0.05, 0) is 57.2 Å². The van der Waals surface area contributed by atoms with Gasteiger partial charge in [0.05, 0.1) is 11.5 Å². The standard InChI is InChI=1S/C18H24O4S/c1-15-9-11-18(12-10-15)23(20,21)22-13-4-2-3-6-16-7-5-8-17(19)14-16/h9-12,14H,2-8,13H2,1H3. The van der Waals surface area contributed by atoms with E-state index in [0.29, 0.717) is 12.8 Å². The first kappa shape index (κ1) is 17.9. The van der Waals surface area contributed by atoms with Crippen LogP contribution < -0.4 is 0 Å². The van der Waals surface area contributed by atoms with Crippen LogP contribution in [-0.4, -0.2) is 20.8 Å². The van der Waals surface area contributed by atoms with E-state index in [2.05, 4.69) is 0 Å². The zero-order chi connectivity index (χ0) is 16.7. The van der Waals surface area contributed by atoms with Crippen LogP contribution in [0.2, 0.25) is 0 Å². The van der Waals surface area contributed by atoms with Gasteiger partial charge in [0.15, 0.2) is 5.78 Å². The van der Waals surface area contributed by atoms with Crippen LogP contribution in [0.3, 0.4) is 0 Å². The second kappa shape index (κ2) is 8.41. The van der Waals surface area contributed by atoms with Crippen LogP contribution in [0, 0.1) is 6.92 Å². The van der Waals surface area contributed by atoms with E-state index in [1.54, 1.807) is 30.3 Å². The maximum Gasteiger partial charge on any atom is 0.296 e. The molecule has 23 heavy (non-hydrogen) atoms. The first-order chi connectivity index (χ1) is 11.0. The van der Waals surface area contributed by atoms with Crippen LogP contribution in [0.1, 0.15) is 50.5 Å². The van der Waals surface area contributed by atoms with Gasteiger partial charge in [0.25, 0.3) is 10.1 Å². The number of hydrogen-bond acceptors (Lipinski definition) is 4. The Labute approximate surface area is 138 Å². The van der Waals surface area contributed by atoms with Crippen molar-refractivity contribution in [2.24, 2.45) is 0 Å². The van der Waals surface area contributed by atoms with Gasteiger partial charge < -0.3 is 0 Å². The fraction of sp³-hybridized carbons (Fsp3) is 0.500. The molecule has 0 radical (unpaired) electrons. The minimum absolute atomic E-state index is 0.203. The summed E-state index contributed by atoms with van der Waals surface area (Å²) >= 11 is 0. The molecular formula is C18H24O4S. The van der Waals surface area contributed by atoms with Crippen LogP contribution in [0.15, 0.2) is 40.8 Å². The lowest BCUT2D eigenvalue weighted by Crippen LogP contribution is -2.07. The van der Waals surface area contributed by atoms with Crippen molar-refractivity contribution in [3.8, 4) is 0 Å². The smallest absolute Gasteiger partial charge is 0.295 e. The van der Waals surface area contributed by atoms with Crippen LogP contribution in [-0.2, 0) is 19.1 Å². The molecule has 1 aliphatic carbocycles. The molecule has 0 amide bonds. The molecule has 0 spiro atoms. The van der Waals surface area contributed by atoms with E-state index in [1.807, 2.05) is 6.92 Å². The quantitative estimate of drug-likeness (QED) is 0.533. The van der Waals surface area contributed by atoms with Crippen molar-refractivity contribution in [2.75, 3.05) is 6.61 Å². The highest BCUT2D eigenvalue weighted by molar-refractivity contribution is 7.86. The Hall–Kier alpha value is -1.46. The fourth-order valence-corrected chi connectivity index (χ4v) is 3.57. The maximum absolute atomic E-state index is 12.0. The van der Waals surface area contributed by atoms with E-state index in [0.717, 1.165) is 37.7 Å². The summed E-state index contributed by atoms with van der Waals surface area (Å²) in [5.41, 5.74) is 2.24. The highest BCUT2D eigenvalue weighted by Gasteiger charge is 2.14. The third kappa shape index (κ3) is 5.92. The van der Waals surface area contributed by atoms with Gasteiger partial charge in [-0.25, -0.2) is 0 Å². The molecule has 0 aliphatic heterocycles. The maximum atomic E-state index is 12.0. The third-order valence-electron chi connectivity index (χ3n) is 3.98. The van der Waals surface area contributed by atoms with Gasteiger partial charge in [-0.3, -0.25) is 8.98 Å². The predicted molar refractivity (Wildman–Crippen MR) is 89.7 cm³/mol. The lowest BCUT2D eigenvalue weighted by atomic mass is 9.94. The zero-order valence-corrected chi connectivity index (χ0v) is 14.4. The molecule has 1 aliphatic rings. The van der Waals surface area contributed by atoms with Gasteiger partial charge in [-0.15, -0.1) is 0 Å². The Morgan fingerprint density at radius 2 is 1.78 bits per heavy atom. The van der Waals surface area contributed by atoms with Crippen molar-refractivity contribution in [3.63, 3.8) is 0 Å². The van der Waals surface area contributed by atoms with Gasteiger partial charge in [0, 0.05) is 6.42 Å². The Balaban J connectivity index is 1.67. The lowest BCUT2D eigenvalue weighted by Gasteiger charge is -2.11. The fourth-order valence-electron chi connectivity index (χ4n) is 2.63. The molecule has 0 fully saturated rings. The van der Waals surface area contributed by atoms with Crippen molar-refractivity contribution in [2.45, 2.75) is 56.8 Å². The molecule has 0 bridgehead atoms. The van der Waals surface area contributed by atoms with E-state index in [4.69, 9.17) is 4.18 Å². The number of unbranched alkanes of at least 4 members (excludes halogenated alkanes) is 2. The van der Waals surface area contributed by atoms with Crippen molar-refractivity contribution >= 4 is 15.9 Å². The summed E-state index contributed by atoms with van der Waals surface area (Å²) in [4.78, 5) is 11.5. The number of aryl methyl sites for hydroxylation is 1. The molecule has 0 aromatic heterocycles. The predicted octanol–water partition coefficient (Wildman–Crippen LogP) is 3.94. The number of carbonyl (C=O) groups excluding carboxylic acids is 1. The molecule has 2 rings (SSSR count). The Morgan fingerprint density at radius 1 is 1.04 bits per heavy atom. The van der Waals surface area contributed by atoms with Crippen LogP contribution in [0.25, 0.3) is 0 Å². The molecule has 0 heterocycles. The minimum Gasteiger partial charge on any atom is -0.295 e. The summed E-state index contributed by atoms with van der Waals surface area (Å²) in [6, 6.07) is 6.65. The number of hydrogen-bond donors (Lipinski definition) is 0. The SMILES string of the molecule is Cc1ccc(S(=O)(=O)OCCCCCC2=CC(=O)CCC2)cc1. The molecule has 0 N–H and O–H groups in total. The van der Waals surface area contributed by atoms with E-state index in [1.165, 1.54) is 5.57 Å². The number of carbonyl (C=O) groups is 1. The summed E-state index contributed by atoms with van der Waals surface area (Å²) in [6.45, 7) is 2.11. The second-order valence-corrected chi connectivity index (χ2v) is 7.64. The summed E-state index contributed by atoms with van der Waals surface area (Å²) in [7, 11) is -3.65. The molecule has 0 unspecified atom stereocenters. The summed E-state index contributed by atoms with van der Waals surface area (Å²) < 4.78 is 29.0. The van der Waals surface area contributed by atoms with Crippen LogP contribution in [0.5, 0.6) is 0 Å². The molecule has 5 heteroatoms. The summed E-state index contributed by atoms with van der Waals surface area (Å²) in [5.74, 6) is 0.235. The molecular weight excluding hydrogens is 312 g/mol. The topological polar surface area (TPSA) is 60.4 Å². The van der Waals surface area contributed by atoms with Crippen LogP contribution in [0.4, 0.5) is 0 Å². The Kier molecular flexibility index (Phi) is 6.54. The van der Waals surface area contributed by atoms with E-state index >= 15 is 0 Å². The third-order valence-corrected chi connectivity index (χ3v) is 5.30. The van der Waals surface area contributed by atoms with Gasteiger partial charge in [-0.2, -0.15) is 8.42 Å². The van der Waals surface area contributed by atoms with Crippen molar-refractivity contribution < 1.29 is 17.4 Å². The first-order valence-electron chi connectivity index (χ1n) is 8.16. The molecule has 1 aromatic rings. The number of benzene rings is 1. The zero-order valence-electron chi connectivity index (χ0n) is 13.6. The van der Waals surface area contributed by atoms with Crippen LogP contribution >= 0.6 is 0 Å². The normalized spacial score (nSPS) is 15.5. The van der Waals surface area contributed by atoms with E-state index < -0.39 is 10.1 Å². The minimum atomic E-state index is -3.65. The average Bonchev–Trinajstić information content (AvgIpc) is 2.51. The molecule has 126 valence electrons. The number of rotatable bonds is 8. The van der Waals surface area contributed by atoms with E-state index in [9.17, 15) is 13.2 Å². The van der Waals surface area contributed by atoms with Crippen molar-refractivity contribution in [1.29, 1.82) is 0 Å². The average molecular weight is 336 g/mol. The van der Waals surface area contributed by atoms with Gasteiger partial charge in [-0.1, -0.05) is 29.7 Å². The highest BCUT2D eigenvalue weighted by Crippen LogP contribution is 2.21. The van der Waals surface area contributed by atoms with Crippen molar-refractivity contribution in [1.82, 2.24) is 0 Å².